The van der Waals surface area contributed by atoms with E-state index >= 15 is 0 Å². The van der Waals surface area contributed by atoms with Crippen molar-refractivity contribution in [2.75, 3.05) is 6.61 Å². The van der Waals surface area contributed by atoms with E-state index in [0.717, 1.165) is 0 Å². The second kappa shape index (κ2) is 6.59. The molecule has 0 aromatic heterocycles. The van der Waals surface area contributed by atoms with E-state index in [1.54, 1.807) is 0 Å². The molecule has 0 rings (SSSR count). The Morgan fingerprint density at radius 3 is 2.18 bits per heavy atom. The number of carboxylic acids is 1. The van der Waals surface area contributed by atoms with Crippen molar-refractivity contribution in [2.45, 2.75) is 53.2 Å². The molecule has 0 aliphatic carbocycles. The molecule has 0 radical (unpaired) electrons. The summed E-state index contributed by atoms with van der Waals surface area (Å²) >= 11 is 0. The van der Waals surface area contributed by atoms with Crippen molar-refractivity contribution in [3.05, 3.63) is 0 Å². The fraction of sp³-hybridized carbons (Fsp3) is 0.833. The molecule has 0 aliphatic heterocycles. The number of carbonyl (C=O) groups is 2. The monoisotopic (exact) mass is 245 g/mol. The van der Waals surface area contributed by atoms with Crippen LogP contribution in [0, 0.1) is 5.41 Å². The van der Waals surface area contributed by atoms with E-state index in [-0.39, 0.29) is 30.5 Å². The number of aliphatic carboxylic acids is 1. The van der Waals surface area contributed by atoms with E-state index in [4.69, 9.17) is 9.84 Å². The predicted octanol–water partition coefficient (Wildman–Crippen LogP) is 1.42. The van der Waals surface area contributed by atoms with Gasteiger partial charge in [0.25, 0.3) is 0 Å². The highest BCUT2D eigenvalue weighted by molar-refractivity contribution is 5.78. The highest BCUT2D eigenvalue weighted by Gasteiger charge is 2.28. The molecule has 100 valence electrons. The Labute approximate surface area is 103 Å². The van der Waals surface area contributed by atoms with Gasteiger partial charge in [0.2, 0.25) is 5.91 Å². The van der Waals surface area contributed by atoms with Crippen molar-refractivity contribution in [3.63, 3.8) is 0 Å². The molecule has 0 fully saturated rings. The zero-order chi connectivity index (χ0) is 13.6. The Morgan fingerprint density at radius 2 is 1.82 bits per heavy atom. The van der Waals surface area contributed by atoms with Crippen molar-refractivity contribution in [1.82, 2.24) is 5.32 Å². The second-order valence-electron chi connectivity index (χ2n) is 5.44. The van der Waals surface area contributed by atoms with Crippen LogP contribution in [0.5, 0.6) is 0 Å². The highest BCUT2D eigenvalue weighted by Crippen LogP contribution is 2.21. The lowest BCUT2D eigenvalue weighted by atomic mass is 9.85. The summed E-state index contributed by atoms with van der Waals surface area (Å²) in [5.41, 5.74) is -0.300. The maximum absolute atomic E-state index is 11.6. The third-order valence-electron chi connectivity index (χ3n) is 2.31. The molecule has 0 aromatic rings. The summed E-state index contributed by atoms with van der Waals surface area (Å²) in [5, 5.41) is 11.5. The average Bonchev–Trinajstić information content (AvgIpc) is 2.11. The lowest BCUT2D eigenvalue weighted by molar-refractivity contribution is -0.139. The number of nitrogens with one attached hydrogen (secondary N) is 1. The number of ether oxygens (including phenoxy) is 1. The minimum atomic E-state index is -0.921. The quantitative estimate of drug-likeness (QED) is 0.742. The Kier molecular flexibility index (Phi) is 6.16. The molecule has 0 saturated carbocycles. The van der Waals surface area contributed by atoms with Crippen LogP contribution in [0.15, 0.2) is 0 Å². The van der Waals surface area contributed by atoms with E-state index < -0.39 is 12.0 Å². The number of carbonyl (C=O) groups excluding carboxylic acids is 1. The van der Waals surface area contributed by atoms with Gasteiger partial charge in [-0.1, -0.05) is 20.8 Å². The number of hydrogen-bond acceptors (Lipinski definition) is 3. The summed E-state index contributed by atoms with van der Waals surface area (Å²) in [4.78, 5) is 22.3. The standard InChI is InChI=1S/C12H23NO4/c1-8(2)17-7-10(14)13-9(6-11(15)16)12(3,4)5/h8-9H,6-7H2,1-5H3,(H,13,14)(H,15,16). The van der Waals surface area contributed by atoms with Crippen molar-refractivity contribution in [2.24, 2.45) is 5.41 Å². The molecular formula is C12H23NO4. The van der Waals surface area contributed by atoms with Gasteiger partial charge in [-0.25, -0.2) is 0 Å². The molecule has 0 aromatic carbocycles. The lowest BCUT2D eigenvalue weighted by Gasteiger charge is -2.30. The van der Waals surface area contributed by atoms with Gasteiger partial charge in [0.05, 0.1) is 12.5 Å². The Bertz CT molecular complexity index is 268. The minimum absolute atomic E-state index is 0.0201. The Hall–Kier alpha value is -1.10. The minimum Gasteiger partial charge on any atom is -0.481 e. The number of rotatable bonds is 6. The summed E-state index contributed by atoms with van der Waals surface area (Å²) in [6, 6.07) is -0.400. The van der Waals surface area contributed by atoms with Crippen LogP contribution in [0.1, 0.15) is 41.0 Å². The third-order valence-corrected chi connectivity index (χ3v) is 2.31. The third kappa shape index (κ3) is 7.74. The van der Waals surface area contributed by atoms with Crippen LogP contribution in [0.25, 0.3) is 0 Å². The zero-order valence-electron chi connectivity index (χ0n) is 11.2. The molecule has 0 bridgehead atoms. The summed E-state index contributed by atoms with van der Waals surface area (Å²) in [6.07, 6.45) is -0.106. The molecule has 1 atom stereocenters. The van der Waals surface area contributed by atoms with Gasteiger partial charge >= 0.3 is 5.97 Å². The first-order valence-electron chi connectivity index (χ1n) is 5.75. The van der Waals surface area contributed by atoms with Gasteiger partial charge in [0, 0.05) is 6.04 Å². The highest BCUT2D eigenvalue weighted by atomic mass is 16.5. The summed E-state index contributed by atoms with van der Waals surface area (Å²) in [6.45, 7) is 9.32. The molecule has 5 nitrogen and oxygen atoms in total. The maximum atomic E-state index is 11.6. The number of amides is 1. The fourth-order valence-corrected chi connectivity index (χ4v) is 1.23. The van der Waals surface area contributed by atoms with Gasteiger partial charge in [0.15, 0.2) is 0 Å². The molecule has 1 unspecified atom stereocenters. The first-order chi connectivity index (χ1) is 7.62. The van der Waals surface area contributed by atoms with Crippen LogP contribution in [-0.4, -0.2) is 35.7 Å². The smallest absolute Gasteiger partial charge is 0.305 e. The van der Waals surface area contributed by atoms with Gasteiger partial charge in [-0.3, -0.25) is 9.59 Å². The normalized spacial score (nSPS) is 13.5. The maximum Gasteiger partial charge on any atom is 0.305 e. The van der Waals surface area contributed by atoms with Crippen LogP contribution in [0.2, 0.25) is 0 Å². The summed E-state index contributed by atoms with van der Waals surface area (Å²) < 4.78 is 5.16. The topological polar surface area (TPSA) is 75.6 Å². The van der Waals surface area contributed by atoms with Crippen molar-refractivity contribution in [1.29, 1.82) is 0 Å². The second-order valence-corrected chi connectivity index (χ2v) is 5.44. The molecule has 1 amide bonds. The van der Waals surface area contributed by atoms with Gasteiger partial charge in [0.1, 0.15) is 6.61 Å². The predicted molar refractivity (Wildman–Crippen MR) is 64.7 cm³/mol. The fourth-order valence-electron chi connectivity index (χ4n) is 1.23. The molecular weight excluding hydrogens is 222 g/mol. The van der Waals surface area contributed by atoms with Crippen LogP contribution in [0.3, 0.4) is 0 Å². The van der Waals surface area contributed by atoms with Crippen molar-refractivity contribution >= 4 is 11.9 Å². The van der Waals surface area contributed by atoms with Crippen molar-refractivity contribution in [3.8, 4) is 0 Å². The van der Waals surface area contributed by atoms with Crippen LogP contribution in [0.4, 0.5) is 0 Å². The Morgan fingerprint density at radius 1 is 1.29 bits per heavy atom. The Balaban J connectivity index is 4.34. The molecule has 17 heavy (non-hydrogen) atoms. The summed E-state index contributed by atoms with van der Waals surface area (Å²) in [5.74, 6) is -1.20. The lowest BCUT2D eigenvalue weighted by Crippen LogP contribution is -2.46. The molecule has 0 aliphatic rings. The molecule has 0 saturated heterocycles. The van der Waals surface area contributed by atoms with E-state index in [1.807, 2.05) is 34.6 Å². The van der Waals surface area contributed by atoms with Gasteiger partial charge in [-0.15, -0.1) is 0 Å². The molecule has 2 N–H and O–H groups in total. The van der Waals surface area contributed by atoms with E-state index in [0.29, 0.717) is 0 Å². The van der Waals surface area contributed by atoms with E-state index in [1.165, 1.54) is 0 Å². The molecule has 0 spiro atoms. The summed E-state index contributed by atoms with van der Waals surface area (Å²) in [7, 11) is 0. The van der Waals surface area contributed by atoms with Gasteiger partial charge < -0.3 is 15.2 Å². The van der Waals surface area contributed by atoms with Crippen molar-refractivity contribution < 1.29 is 19.4 Å². The van der Waals surface area contributed by atoms with E-state index in [9.17, 15) is 9.59 Å². The van der Waals surface area contributed by atoms with E-state index in [2.05, 4.69) is 5.32 Å². The first-order valence-corrected chi connectivity index (χ1v) is 5.75. The largest absolute Gasteiger partial charge is 0.481 e. The SMILES string of the molecule is CC(C)OCC(=O)NC(CC(=O)O)C(C)(C)C. The first kappa shape index (κ1) is 15.9. The molecule has 0 heterocycles. The number of carboxylic acid groups (broad SMARTS) is 1. The average molecular weight is 245 g/mol. The zero-order valence-corrected chi connectivity index (χ0v) is 11.2. The van der Waals surface area contributed by atoms with Crippen LogP contribution in [-0.2, 0) is 14.3 Å². The molecule has 5 heteroatoms. The van der Waals surface area contributed by atoms with Crippen LogP contribution >= 0.6 is 0 Å². The van der Waals surface area contributed by atoms with Gasteiger partial charge in [-0.05, 0) is 19.3 Å². The van der Waals surface area contributed by atoms with Gasteiger partial charge in [-0.2, -0.15) is 0 Å². The van der Waals surface area contributed by atoms with Crippen LogP contribution < -0.4 is 5.32 Å². The number of hydrogen-bond donors (Lipinski definition) is 2.